The molecule has 0 spiro atoms. The minimum atomic E-state index is -0.888. The van der Waals surface area contributed by atoms with Crippen LogP contribution in [0.5, 0.6) is 5.75 Å². The third-order valence-corrected chi connectivity index (χ3v) is 2.36. The molecule has 1 aromatic carbocycles. The van der Waals surface area contributed by atoms with Crippen LogP contribution in [0, 0.1) is 0 Å². The monoisotopic (exact) mass is 251 g/mol. The van der Waals surface area contributed by atoms with Gasteiger partial charge in [-0.15, -0.1) is 0 Å². The topological polar surface area (TPSA) is 75.6 Å². The lowest BCUT2D eigenvalue weighted by Gasteiger charge is -2.24. The second-order valence-electron chi connectivity index (χ2n) is 4.61. The van der Waals surface area contributed by atoms with Crippen molar-refractivity contribution in [3.05, 3.63) is 30.3 Å². The lowest BCUT2D eigenvalue weighted by Crippen LogP contribution is -2.45. The van der Waals surface area contributed by atoms with E-state index in [-0.39, 0.29) is 6.42 Å². The normalized spacial score (nSPS) is 10.8. The quantitative estimate of drug-likeness (QED) is 0.842. The van der Waals surface area contributed by atoms with Crippen molar-refractivity contribution in [1.29, 1.82) is 0 Å². The predicted octanol–water partition coefficient (Wildman–Crippen LogP) is 2.42. The van der Waals surface area contributed by atoms with Gasteiger partial charge >= 0.3 is 12.1 Å². The van der Waals surface area contributed by atoms with Crippen molar-refractivity contribution in [3.63, 3.8) is 0 Å². The number of aliphatic carboxylic acids is 1. The summed E-state index contributed by atoms with van der Waals surface area (Å²) in [5, 5.41) is 11.2. The van der Waals surface area contributed by atoms with Crippen LogP contribution < -0.4 is 10.1 Å². The van der Waals surface area contributed by atoms with Gasteiger partial charge in [0.05, 0.1) is 0 Å². The molecule has 18 heavy (non-hydrogen) atoms. The Kier molecular flexibility index (Phi) is 4.71. The smallest absolute Gasteiger partial charge is 0.413 e. The highest BCUT2D eigenvalue weighted by Gasteiger charge is 2.22. The van der Waals surface area contributed by atoms with E-state index in [1.807, 2.05) is 6.07 Å². The van der Waals surface area contributed by atoms with Crippen LogP contribution in [0.25, 0.3) is 0 Å². The molecule has 0 bridgehead atoms. The second-order valence-corrected chi connectivity index (χ2v) is 4.61. The Morgan fingerprint density at radius 1 is 1.28 bits per heavy atom. The van der Waals surface area contributed by atoms with E-state index in [2.05, 4.69) is 5.32 Å². The summed E-state index contributed by atoms with van der Waals surface area (Å²) in [6.07, 6.45) is -0.248. The molecule has 0 aliphatic carbocycles. The van der Waals surface area contributed by atoms with E-state index >= 15 is 0 Å². The van der Waals surface area contributed by atoms with Gasteiger partial charge in [0.2, 0.25) is 0 Å². The van der Waals surface area contributed by atoms with Crippen molar-refractivity contribution in [1.82, 2.24) is 5.32 Å². The first-order chi connectivity index (χ1) is 8.39. The lowest BCUT2D eigenvalue weighted by atomic mass is 9.99. The molecule has 5 heteroatoms. The maximum atomic E-state index is 11.6. The van der Waals surface area contributed by atoms with Gasteiger partial charge in [-0.05, 0) is 32.4 Å². The molecule has 0 radical (unpaired) electrons. The number of para-hydroxylation sites is 1. The Hall–Kier alpha value is -2.04. The molecular formula is C13H17NO4. The van der Waals surface area contributed by atoms with E-state index < -0.39 is 17.6 Å². The first-order valence-corrected chi connectivity index (χ1v) is 5.66. The molecule has 1 rings (SSSR count). The van der Waals surface area contributed by atoms with Gasteiger partial charge in [0.1, 0.15) is 5.75 Å². The number of carbonyl (C=O) groups excluding carboxylic acids is 1. The standard InChI is InChI=1S/C13H17NO4/c1-13(2,9-8-11(15)16)14-12(17)18-10-6-4-3-5-7-10/h3-7H,8-9H2,1-2H3,(H,14,17)(H,15,16). The number of benzene rings is 1. The van der Waals surface area contributed by atoms with Crippen LogP contribution >= 0.6 is 0 Å². The number of amides is 1. The molecule has 0 atom stereocenters. The molecule has 0 saturated heterocycles. The van der Waals surface area contributed by atoms with Crippen molar-refractivity contribution in [2.75, 3.05) is 0 Å². The van der Waals surface area contributed by atoms with Crippen molar-refractivity contribution in [3.8, 4) is 5.75 Å². The number of carbonyl (C=O) groups is 2. The summed E-state index contributed by atoms with van der Waals surface area (Å²) in [7, 11) is 0. The fourth-order valence-electron chi connectivity index (χ4n) is 1.38. The number of hydrogen-bond donors (Lipinski definition) is 2. The highest BCUT2D eigenvalue weighted by molar-refractivity contribution is 5.71. The summed E-state index contributed by atoms with van der Waals surface area (Å²) < 4.78 is 5.06. The number of carboxylic acids is 1. The zero-order valence-corrected chi connectivity index (χ0v) is 10.5. The van der Waals surface area contributed by atoms with Crippen LogP contribution in [0.4, 0.5) is 4.79 Å². The largest absolute Gasteiger partial charge is 0.481 e. The van der Waals surface area contributed by atoms with Gasteiger partial charge in [-0.3, -0.25) is 4.79 Å². The molecule has 98 valence electrons. The number of ether oxygens (including phenoxy) is 1. The number of nitrogens with one attached hydrogen (secondary N) is 1. The molecule has 0 aromatic heterocycles. The Labute approximate surface area is 106 Å². The molecule has 0 unspecified atom stereocenters. The van der Waals surface area contributed by atoms with Gasteiger partial charge in [0, 0.05) is 12.0 Å². The van der Waals surface area contributed by atoms with Gasteiger partial charge in [-0.1, -0.05) is 18.2 Å². The van der Waals surface area contributed by atoms with Gasteiger partial charge in [0.25, 0.3) is 0 Å². The summed E-state index contributed by atoms with van der Waals surface area (Å²) >= 11 is 0. The maximum absolute atomic E-state index is 11.6. The van der Waals surface area contributed by atoms with Crippen molar-refractivity contribution >= 4 is 12.1 Å². The SMILES string of the molecule is CC(C)(CCC(=O)O)NC(=O)Oc1ccccc1. The molecule has 0 saturated carbocycles. The minimum absolute atomic E-state index is 0.00137. The van der Waals surface area contributed by atoms with Crippen LogP contribution in [-0.4, -0.2) is 22.7 Å². The first-order valence-electron chi connectivity index (χ1n) is 5.66. The predicted molar refractivity (Wildman–Crippen MR) is 66.6 cm³/mol. The van der Waals surface area contributed by atoms with Gasteiger partial charge < -0.3 is 15.2 Å². The van der Waals surface area contributed by atoms with Crippen LogP contribution in [0.3, 0.4) is 0 Å². The minimum Gasteiger partial charge on any atom is -0.481 e. The fourth-order valence-corrected chi connectivity index (χ4v) is 1.38. The second kappa shape index (κ2) is 6.05. The van der Waals surface area contributed by atoms with Crippen molar-refractivity contribution in [2.24, 2.45) is 0 Å². The maximum Gasteiger partial charge on any atom is 0.413 e. The van der Waals surface area contributed by atoms with E-state index in [4.69, 9.17) is 9.84 Å². The van der Waals surface area contributed by atoms with Crippen molar-refractivity contribution in [2.45, 2.75) is 32.2 Å². The highest BCUT2D eigenvalue weighted by atomic mass is 16.6. The molecule has 1 aromatic rings. The average molecular weight is 251 g/mol. The fraction of sp³-hybridized carbons (Fsp3) is 0.385. The Morgan fingerprint density at radius 2 is 1.89 bits per heavy atom. The van der Waals surface area contributed by atoms with E-state index in [1.165, 1.54) is 0 Å². The molecule has 2 N–H and O–H groups in total. The number of carboxylic acid groups (broad SMARTS) is 1. The van der Waals surface area contributed by atoms with E-state index in [9.17, 15) is 9.59 Å². The third-order valence-electron chi connectivity index (χ3n) is 2.36. The summed E-state index contributed by atoms with van der Waals surface area (Å²) in [5.74, 6) is -0.440. The van der Waals surface area contributed by atoms with Gasteiger partial charge in [-0.2, -0.15) is 0 Å². The van der Waals surface area contributed by atoms with Crippen LogP contribution in [0.1, 0.15) is 26.7 Å². The molecule has 5 nitrogen and oxygen atoms in total. The summed E-state index contributed by atoms with van der Waals surface area (Å²) in [6, 6.07) is 8.69. The molecule has 0 aliphatic rings. The molecule has 0 aliphatic heterocycles. The van der Waals surface area contributed by atoms with Crippen molar-refractivity contribution < 1.29 is 19.4 Å². The van der Waals surface area contributed by atoms with Gasteiger partial charge in [-0.25, -0.2) is 4.79 Å². The highest BCUT2D eigenvalue weighted by Crippen LogP contribution is 2.13. The lowest BCUT2D eigenvalue weighted by molar-refractivity contribution is -0.137. The van der Waals surface area contributed by atoms with E-state index in [0.29, 0.717) is 12.2 Å². The Bertz CT molecular complexity index is 414. The number of hydrogen-bond acceptors (Lipinski definition) is 3. The average Bonchev–Trinajstić information content (AvgIpc) is 2.27. The van der Waals surface area contributed by atoms with E-state index in [0.717, 1.165) is 0 Å². The van der Waals surface area contributed by atoms with E-state index in [1.54, 1.807) is 38.1 Å². The summed E-state index contributed by atoms with van der Waals surface area (Å²) in [6.45, 7) is 3.50. The number of rotatable bonds is 5. The Morgan fingerprint density at radius 3 is 2.44 bits per heavy atom. The van der Waals surface area contributed by atoms with Crippen LogP contribution in [0.2, 0.25) is 0 Å². The third kappa shape index (κ3) is 5.34. The molecular weight excluding hydrogens is 234 g/mol. The molecule has 0 heterocycles. The Balaban J connectivity index is 2.46. The van der Waals surface area contributed by atoms with Crippen LogP contribution in [0.15, 0.2) is 30.3 Å². The molecule has 1 amide bonds. The summed E-state index contributed by atoms with van der Waals surface area (Å²) in [5.41, 5.74) is -0.621. The molecule has 0 fully saturated rings. The first kappa shape index (κ1) is 14.0. The van der Waals surface area contributed by atoms with Crippen LogP contribution in [-0.2, 0) is 4.79 Å². The zero-order valence-electron chi connectivity index (χ0n) is 10.5. The summed E-state index contributed by atoms with van der Waals surface area (Å²) in [4.78, 5) is 22.1. The zero-order chi connectivity index (χ0) is 13.6. The van der Waals surface area contributed by atoms with Gasteiger partial charge in [0.15, 0.2) is 0 Å².